The molecule has 8 heteroatoms. The van der Waals surface area contributed by atoms with E-state index in [1.54, 1.807) is 41.1 Å². The number of Topliss-reactive ketones (excluding diaryl/α,β-unsaturated/α-hetero) is 1. The second-order valence-corrected chi connectivity index (χ2v) is 6.63. The average molecular weight is 334 g/mol. The highest BCUT2D eigenvalue weighted by molar-refractivity contribution is 7.88. The van der Waals surface area contributed by atoms with Gasteiger partial charge in [0, 0.05) is 11.6 Å². The Morgan fingerprint density at radius 1 is 1.04 bits per heavy atom. The Balaban J connectivity index is 2.08. The number of nitrogens with one attached hydrogen (secondary N) is 2. The Bertz CT molecular complexity index is 820. The summed E-state index contributed by atoms with van der Waals surface area (Å²) in [5.41, 5.74) is 2.88. The van der Waals surface area contributed by atoms with Crippen molar-refractivity contribution in [2.75, 3.05) is 6.26 Å². The predicted octanol–water partition coefficient (Wildman–Crippen LogP) is 0.0510. The molecule has 23 heavy (non-hydrogen) atoms. The molecule has 0 spiro atoms. The third kappa shape index (κ3) is 5.28. The van der Waals surface area contributed by atoms with Crippen molar-refractivity contribution in [2.24, 2.45) is 0 Å². The number of carbonyl (C=O) groups excluding carboxylic acids is 2. The molecule has 120 valence electrons. The molecule has 0 atom stereocenters. The lowest BCUT2D eigenvalue weighted by Gasteiger charge is -2.04. The van der Waals surface area contributed by atoms with Crippen molar-refractivity contribution in [1.82, 2.24) is 10.3 Å². The maximum atomic E-state index is 12.1. The highest BCUT2D eigenvalue weighted by Crippen LogP contribution is 2.00. The Labute approximate surface area is 134 Å². The van der Waals surface area contributed by atoms with E-state index in [0.717, 1.165) is 6.26 Å². The lowest BCUT2D eigenvalue weighted by Crippen LogP contribution is -2.43. The molecule has 0 aliphatic rings. The summed E-state index contributed by atoms with van der Waals surface area (Å²) in [7, 11) is -3.54. The summed E-state index contributed by atoms with van der Waals surface area (Å²) in [5.74, 6) is -0.709. The summed E-state index contributed by atoms with van der Waals surface area (Å²) in [6.45, 7) is 0.0740. The average Bonchev–Trinajstić information content (AvgIpc) is 2.53. The predicted molar refractivity (Wildman–Crippen MR) is 82.9 cm³/mol. The lowest BCUT2D eigenvalue weighted by molar-refractivity contribution is -0.683. The summed E-state index contributed by atoms with van der Waals surface area (Å²) in [6.07, 6.45) is 4.05. The first-order valence-electron chi connectivity index (χ1n) is 6.69. The summed E-state index contributed by atoms with van der Waals surface area (Å²) >= 11 is 0. The minimum atomic E-state index is -3.54. The topological polar surface area (TPSA) is 96.2 Å². The summed E-state index contributed by atoms with van der Waals surface area (Å²) in [6, 6.07) is 11.9. The van der Waals surface area contributed by atoms with Crippen molar-refractivity contribution < 1.29 is 22.6 Å². The van der Waals surface area contributed by atoms with Crippen molar-refractivity contribution in [2.45, 2.75) is 6.54 Å². The first-order valence-corrected chi connectivity index (χ1v) is 8.59. The molecule has 0 fully saturated rings. The van der Waals surface area contributed by atoms with Gasteiger partial charge >= 0.3 is 0 Å². The Morgan fingerprint density at radius 2 is 1.70 bits per heavy atom. The van der Waals surface area contributed by atoms with Gasteiger partial charge in [-0.15, -0.1) is 4.83 Å². The second kappa shape index (κ2) is 7.12. The van der Waals surface area contributed by atoms with Gasteiger partial charge in [0.25, 0.3) is 5.91 Å². The molecule has 7 nitrogen and oxygen atoms in total. The monoisotopic (exact) mass is 334 g/mol. The molecule has 2 N–H and O–H groups in total. The van der Waals surface area contributed by atoms with E-state index in [4.69, 9.17) is 0 Å². The number of benzene rings is 1. The van der Waals surface area contributed by atoms with Crippen LogP contribution in [0.15, 0.2) is 54.9 Å². The van der Waals surface area contributed by atoms with Crippen molar-refractivity contribution in [3.63, 3.8) is 0 Å². The van der Waals surface area contributed by atoms with Crippen LogP contribution in [0.2, 0.25) is 0 Å². The van der Waals surface area contributed by atoms with Crippen LogP contribution in [0.5, 0.6) is 0 Å². The quantitative estimate of drug-likeness (QED) is 0.443. The number of rotatable bonds is 6. The maximum Gasteiger partial charge on any atom is 0.272 e. The van der Waals surface area contributed by atoms with Crippen LogP contribution >= 0.6 is 0 Å². The minimum Gasteiger partial charge on any atom is -0.287 e. The molecular formula is C15H16N3O4S+. The number of ketones is 1. The van der Waals surface area contributed by atoms with Crippen LogP contribution in [0.3, 0.4) is 0 Å². The van der Waals surface area contributed by atoms with Gasteiger partial charge in [-0.05, 0) is 6.07 Å². The van der Waals surface area contributed by atoms with Crippen molar-refractivity contribution in [3.8, 4) is 0 Å². The number of hydrazine groups is 1. The number of carbonyl (C=O) groups is 2. The molecule has 0 saturated carbocycles. The first-order chi connectivity index (χ1) is 10.8. The van der Waals surface area contributed by atoms with Gasteiger partial charge in [0.1, 0.15) is 5.56 Å². The Kier molecular flexibility index (Phi) is 5.20. The van der Waals surface area contributed by atoms with Gasteiger partial charge in [-0.25, -0.2) is 8.42 Å². The zero-order valence-electron chi connectivity index (χ0n) is 12.4. The van der Waals surface area contributed by atoms with E-state index in [9.17, 15) is 18.0 Å². The van der Waals surface area contributed by atoms with Crippen molar-refractivity contribution in [1.29, 1.82) is 0 Å². The number of nitrogens with zero attached hydrogens (tertiary/aromatic N) is 1. The SMILES string of the molecule is CS(=O)(=O)NNC(=O)c1ccc[n+](CC(=O)c2ccccc2)c1. The number of hydrogen-bond acceptors (Lipinski definition) is 4. The van der Waals surface area contributed by atoms with E-state index in [1.165, 1.54) is 12.3 Å². The maximum absolute atomic E-state index is 12.1. The zero-order valence-corrected chi connectivity index (χ0v) is 13.2. The molecule has 0 aliphatic heterocycles. The van der Waals surface area contributed by atoms with Crippen molar-refractivity contribution >= 4 is 21.7 Å². The van der Waals surface area contributed by atoms with Gasteiger partial charge in [0.2, 0.25) is 22.4 Å². The van der Waals surface area contributed by atoms with Crippen LogP contribution in [-0.4, -0.2) is 26.4 Å². The highest BCUT2D eigenvalue weighted by Gasteiger charge is 2.15. The first kappa shape index (κ1) is 16.8. The molecule has 0 bridgehead atoms. The molecule has 2 aromatic rings. The molecule has 0 saturated heterocycles. The van der Waals surface area contributed by atoms with Crippen LogP contribution in [0.25, 0.3) is 0 Å². The standard InChI is InChI=1S/C15H15N3O4S/c1-23(21,22)17-16-15(20)13-8-5-9-18(10-13)11-14(19)12-6-3-2-4-7-12/h2-10,17H,11H2,1H3/p+1. The van der Waals surface area contributed by atoms with Gasteiger partial charge < -0.3 is 0 Å². The van der Waals surface area contributed by atoms with E-state index in [2.05, 4.69) is 5.43 Å². The summed E-state index contributed by atoms with van der Waals surface area (Å²) in [5, 5.41) is 0. The van der Waals surface area contributed by atoms with E-state index < -0.39 is 15.9 Å². The number of sulfonamides is 1. The number of pyridine rings is 1. The summed E-state index contributed by atoms with van der Waals surface area (Å²) in [4.78, 5) is 25.9. The largest absolute Gasteiger partial charge is 0.287 e. The molecule has 0 aliphatic carbocycles. The number of amides is 1. The molecular weight excluding hydrogens is 318 g/mol. The smallest absolute Gasteiger partial charge is 0.272 e. The summed E-state index contributed by atoms with van der Waals surface area (Å²) < 4.78 is 23.5. The molecule has 0 radical (unpaired) electrons. The van der Waals surface area contributed by atoms with Crippen LogP contribution in [-0.2, 0) is 16.6 Å². The lowest BCUT2D eigenvalue weighted by atomic mass is 10.1. The van der Waals surface area contributed by atoms with Gasteiger partial charge in [-0.3, -0.25) is 15.0 Å². The molecule has 1 amide bonds. The van der Waals surface area contributed by atoms with E-state index >= 15 is 0 Å². The molecule has 1 aromatic carbocycles. The van der Waals surface area contributed by atoms with E-state index in [1.807, 2.05) is 10.9 Å². The third-order valence-corrected chi connectivity index (χ3v) is 3.37. The number of aromatic nitrogens is 1. The fourth-order valence-electron chi connectivity index (χ4n) is 1.85. The van der Waals surface area contributed by atoms with Crippen LogP contribution < -0.4 is 14.8 Å². The number of hydrogen-bond donors (Lipinski definition) is 2. The Hall–Kier alpha value is -2.58. The fourth-order valence-corrected chi connectivity index (χ4v) is 2.13. The Morgan fingerprint density at radius 3 is 2.35 bits per heavy atom. The van der Waals surface area contributed by atoms with Gasteiger partial charge in [-0.1, -0.05) is 30.3 Å². The van der Waals surface area contributed by atoms with E-state index in [-0.39, 0.29) is 17.9 Å². The zero-order chi connectivity index (χ0) is 16.9. The van der Waals surface area contributed by atoms with Crippen LogP contribution in [0, 0.1) is 0 Å². The highest BCUT2D eigenvalue weighted by atomic mass is 32.2. The molecule has 1 aromatic heterocycles. The second-order valence-electron chi connectivity index (χ2n) is 4.88. The van der Waals surface area contributed by atoms with Crippen LogP contribution in [0.1, 0.15) is 20.7 Å². The molecule has 1 heterocycles. The third-order valence-electron chi connectivity index (χ3n) is 2.89. The molecule has 2 rings (SSSR count). The minimum absolute atomic E-state index is 0.0740. The van der Waals surface area contributed by atoms with Crippen LogP contribution in [0.4, 0.5) is 0 Å². The normalized spacial score (nSPS) is 11.0. The molecule has 0 unspecified atom stereocenters. The van der Waals surface area contributed by atoms with Crippen molar-refractivity contribution in [3.05, 3.63) is 66.0 Å². The van der Waals surface area contributed by atoms with Gasteiger partial charge in [-0.2, -0.15) is 4.57 Å². The van der Waals surface area contributed by atoms with E-state index in [0.29, 0.717) is 5.56 Å². The van der Waals surface area contributed by atoms with Gasteiger partial charge in [0.05, 0.1) is 6.26 Å². The fraction of sp³-hybridized carbons (Fsp3) is 0.133. The van der Waals surface area contributed by atoms with Gasteiger partial charge in [0.15, 0.2) is 12.4 Å².